The van der Waals surface area contributed by atoms with Crippen LogP contribution >= 0.6 is 11.6 Å². The molecule has 0 nitrogen and oxygen atoms in total. The summed E-state index contributed by atoms with van der Waals surface area (Å²) in [6.45, 7) is 0. The van der Waals surface area contributed by atoms with Gasteiger partial charge in [0.05, 0.1) is 5.02 Å². The Morgan fingerprint density at radius 3 is 2.75 bits per heavy atom. The first-order valence-electron chi connectivity index (χ1n) is 4.19. The Hall–Kier alpha value is -0.560. The normalized spacial score (nSPS) is 16.5. The van der Waals surface area contributed by atoms with Gasteiger partial charge in [0.25, 0.3) is 0 Å². The predicted octanol–water partition coefficient (Wildman–Crippen LogP) is 3.43. The molecule has 1 aromatic carbocycles. The fraction of sp³-hybridized carbons (Fsp3) is 0.400. The molecule has 1 saturated carbocycles. The number of hydrogen-bond acceptors (Lipinski definition) is 0. The molecule has 0 spiro atoms. The Balaban J connectivity index is 2.15. The van der Waals surface area contributed by atoms with Crippen LogP contribution < -0.4 is 0 Å². The van der Waals surface area contributed by atoms with Gasteiger partial charge in [0.1, 0.15) is 5.82 Å². The largest absolute Gasteiger partial charge is 0.205 e. The predicted molar refractivity (Wildman–Crippen MR) is 47.8 cm³/mol. The third-order valence-electron chi connectivity index (χ3n) is 2.21. The first-order chi connectivity index (χ1) is 5.75. The molecule has 2 rings (SSSR count). The van der Waals surface area contributed by atoms with Crippen molar-refractivity contribution in [2.75, 3.05) is 0 Å². The number of halogens is 2. The summed E-state index contributed by atoms with van der Waals surface area (Å²) in [7, 11) is 0. The molecular weight excluding hydrogens is 175 g/mol. The van der Waals surface area contributed by atoms with E-state index in [-0.39, 0.29) is 10.8 Å². The Morgan fingerprint density at radius 2 is 2.17 bits per heavy atom. The van der Waals surface area contributed by atoms with Crippen molar-refractivity contribution in [3.8, 4) is 0 Å². The summed E-state index contributed by atoms with van der Waals surface area (Å²) < 4.78 is 12.7. The molecule has 0 radical (unpaired) electrons. The molecule has 0 unspecified atom stereocenters. The Labute approximate surface area is 76.4 Å². The first kappa shape index (κ1) is 8.06. The summed E-state index contributed by atoms with van der Waals surface area (Å²) in [6, 6.07) is 4.99. The van der Waals surface area contributed by atoms with Crippen LogP contribution in [0.4, 0.5) is 4.39 Å². The van der Waals surface area contributed by atoms with E-state index in [0.717, 1.165) is 17.9 Å². The summed E-state index contributed by atoms with van der Waals surface area (Å²) >= 11 is 5.64. The molecule has 0 aliphatic heterocycles. The van der Waals surface area contributed by atoms with Gasteiger partial charge in [-0.15, -0.1) is 0 Å². The second kappa shape index (κ2) is 3.06. The third kappa shape index (κ3) is 1.78. The average Bonchev–Trinajstić information content (AvgIpc) is 2.81. The molecule has 0 atom stereocenters. The van der Waals surface area contributed by atoms with E-state index in [4.69, 9.17) is 11.6 Å². The van der Waals surface area contributed by atoms with E-state index >= 15 is 0 Å². The molecule has 1 aliphatic carbocycles. The lowest BCUT2D eigenvalue weighted by Gasteiger charge is -2.00. The van der Waals surface area contributed by atoms with Gasteiger partial charge in [0, 0.05) is 0 Å². The Bertz CT molecular complexity index is 292. The van der Waals surface area contributed by atoms with Gasteiger partial charge in [0.15, 0.2) is 0 Å². The Morgan fingerprint density at radius 1 is 1.42 bits per heavy atom. The number of hydrogen-bond donors (Lipinski definition) is 0. The lowest BCUT2D eigenvalue weighted by atomic mass is 10.1. The Kier molecular flexibility index (Phi) is 2.05. The highest BCUT2D eigenvalue weighted by Crippen LogP contribution is 2.33. The van der Waals surface area contributed by atoms with Crippen molar-refractivity contribution in [2.45, 2.75) is 19.3 Å². The van der Waals surface area contributed by atoms with Crippen LogP contribution in [0.2, 0.25) is 5.02 Å². The van der Waals surface area contributed by atoms with Crippen LogP contribution in [0, 0.1) is 11.7 Å². The number of benzene rings is 1. The number of rotatable bonds is 2. The fourth-order valence-electron chi connectivity index (χ4n) is 1.32. The minimum atomic E-state index is -0.323. The molecule has 0 N–H and O–H groups in total. The molecule has 0 saturated heterocycles. The molecule has 0 aromatic heterocycles. The third-order valence-corrected chi connectivity index (χ3v) is 2.49. The standard InChI is InChI=1S/C10H10ClF/c11-9-6-8(3-4-10(9)12)5-7-1-2-7/h3-4,6-7H,1-2,5H2. The molecule has 1 fully saturated rings. The monoisotopic (exact) mass is 184 g/mol. The van der Waals surface area contributed by atoms with Crippen LogP contribution in [0.15, 0.2) is 18.2 Å². The zero-order valence-corrected chi connectivity index (χ0v) is 7.44. The van der Waals surface area contributed by atoms with E-state index in [0.29, 0.717) is 0 Å². The van der Waals surface area contributed by atoms with E-state index < -0.39 is 0 Å². The van der Waals surface area contributed by atoms with Crippen LogP contribution in [-0.4, -0.2) is 0 Å². The lowest BCUT2D eigenvalue weighted by molar-refractivity contribution is 0.627. The van der Waals surface area contributed by atoms with Gasteiger partial charge in [-0.1, -0.05) is 17.7 Å². The van der Waals surface area contributed by atoms with Crippen molar-refractivity contribution in [1.29, 1.82) is 0 Å². The highest BCUT2D eigenvalue weighted by atomic mass is 35.5. The van der Waals surface area contributed by atoms with E-state index in [1.165, 1.54) is 18.9 Å². The van der Waals surface area contributed by atoms with Crippen LogP contribution in [0.1, 0.15) is 18.4 Å². The van der Waals surface area contributed by atoms with E-state index in [2.05, 4.69) is 0 Å². The van der Waals surface area contributed by atoms with Crippen LogP contribution in [-0.2, 0) is 6.42 Å². The van der Waals surface area contributed by atoms with E-state index in [1.54, 1.807) is 6.07 Å². The summed E-state index contributed by atoms with van der Waals surface area (Å²) in [6.07, 6.45) is 3.68. The second-order valence-corrected chi connectivity index (χ2v) is 3.80. The minimum absolute atomic E-state index is 0.244. The van der Waals surface area contributed by atoms with E-state index in [1.807, 2.05) is 6.07 Å². The lowest BCUT2D eigenvalue weighted by Crippen LogP contribution is -1.87. The van der Waals surface area contributed by atoms with Crippen molar-refractivity contribution in [3.63, 3.8) is 0 Å². The summed E-state index contributed by atoms with van der Waals surface area (Å²) in [5, 5.41) is 0.244. The van der Waals surface area contributed by atoms with E-state index in [9.17, 15) is 4.39 Å². The van der Waals surface area contributed by atoms with Gasteiger partial charge in [-0.3, -0.25) is 0 Å². The zero-order chi connectivity index (χ0) is 8.55. The maximum atomic E-state index is 12.7. The van der Waals surface area contributed by atoms with Gasteiger partial charge in [-0.05, 0) is 42.9 Å². The maximum absolute atomic E-state index is 12.7. The first-order valence-corrected chi connectivity index (χ1v) is 4.57. The van der Waals surface area contributed by atoms with Crippen molar-refractivity contribution < 1.29 is 4.39 Å². The van der Waals surface area contributed by atoms with Crippen molar-refractivity contribution in [2.24, 2.45) is 5.92 Å². The molecule has 2 heteroatoms. The van der Waals surface area contributed by atoms with Crippen molar-refractivity contribution >= 4 is 11.6 Å². The smallest absolute Gasteiger partial charge is 0.141 e. The highest BCUT2D eigenvalue weighted by molar-refractivity contribution is 6.30. The summed E-state index contributed by atoms with van der Waals surface area (Å²) in [5.74, 6) is 0.503. The maximum Gasteiger partial charge on any atom is 0.141 e. The van der Waals surface area contributed by atoms with Gasteiger partial charge in [-0.2, -0.15) is 0 Å². The molecular formula is C10H10ClF. The zero-order valence-electron chi connectivity index (χ0n) is 6.69. The molecule has 1 aromatic rings. The minimum Gasteiger partial charge on any atom is -0.205 e. The molecule has 12 heavy (non-hydrogen) atoms. The summed E-state index contributed by atoms with van der Waals surface area (Å²) in [4.78, 5) is 0. The van der Waals surface area contributed by atoms with Crippen LogP contribution in [0.3, 0.4) is 0 Å². The fourth-order valence-corrected chi connectivity index (χ4v) is 1.53. The van der Waals surface area contributed by atoms with Gasteiger partial charge in [-0.25, -0.2) is 4.39 Å². The molecule has 0 bridgehead atoms. The molecule has 0 heterocycles. The molecule has 1 aliphatic rings. The second-order valence-electron chi connectivity index (χ2n) is 3.40. The molecule has 64 valence electrons. The average molecular weight is 185 g/mol. The SMILES string of the molecule is Fc1ccc(CC2CC2)cc1Cl. The van der Waals surface area contributed by atoms with Crippen LogP contribution in [0.25, 0.3) is 0 Å². The summed E-state index contributed by atoms with van der Waals surface area (Å²) in [5.41, 5.74) is 1.16. The van der Waals surface area contributed by atoms with Gasteiger partial charge >= 0.3 is 0 Å². The highest BCUT2D eigenvalue weighted by Gasteiger charge is 2.21. The quantitative estimate of drug-likeness (QED) is 0.661. The molecule has 0 amide bonds. The van der Waals surface area contributed by atoms with Gasteiger partial charge < -0.3 is 0 Å². The van der Waals surface area contributed by atoms with Gasteiger partial charge in [0.2, 0.25) is 0 Å². The topological polar surface area (TPSA) is 0 Å². The van der Waals surface area contributed by atoms with Crippen molar-refractivity contribution in [3.05, 3.63) is 34.6 Å². The van der Waals surface area contributed by atoms with Crippen LogP contribution in [0.5, 0.6) is 0 Å². The van der Waals surface area contributed by atoms with Crippen molar-refractivity contribution in [1.82, 2.24) is 0 Å².